The van der Waals surface area contributed by atoms with Crippen molar-refractivity contribution in [2.45, 2.75) is 52.1 Å². The number of benzene rings is 2. The highest BCUT2D eigenvalue weighted by molar-refractivity contribution is 5.87. The molecule has 6 nitrogen and oxygen atoms in total. The maximum Gasteiger partial charge on any atom is 0.326 e. The molecule has 0 radical (unpaired) electrons. The number of carbonyl (C=O) groups excluding carboxylic acids is 2. The van der Waals surface area contributed by atoms with Crippen LogP contribution in [0.25, 0.3) is 0 Å². The van der Waals surface area contributed by atoms with E-state index in [2.05, 4.69) is 10.6 Å². The second-order valence-electron chi connectivity index (χ2n) is 7.28. The third-order valence-corrected chi connectivity index (χ3v) is 4.90. The van der Waals surface area contributed by atoms with Crippen molar-refractivity contribution in [3.8, 4) is 0 Å². The molecule has 0 saturated carbocycles. The molecule has 2 aromatic carbocycles. The minimum absolute atomic E-state index is 0.00101. The predicted octanol–water partition coefficient (Wildman–Crippen LogP) is 3.07. The van der Waals surface area contributed by atoms with Crippen molar-refractivity contribution in [1.29, 1.82) is 0 Å². The third kappa shape index (κ3) is 7.07. The molecule has 0 aromatic heterocycles. The molecule has 3 N–H and O–H groups in total. The Hall–Kier alpha value is -3.15. The summed E-state index contributed by atoms with van der Waals surface area (Å²) >= 11 is 0. The molecule has 2 amide bonds. The Balaban J connectivity index is 1.84. The largest absolute Gasteiger partial charge is 0.480 e. The van der Waals surface area contributed by atoms with Gasteiger partial charge in [0.25, 0.3) is 0 Å². The van der Waals surface area contributed by atoms with Gasteiger partial charge in [-0.2, -0.15) is 0 Å². The van der Waals surface area contributed by atoms with Crippen molar-refractivity contribution in [3.63, 3.8) is 0 Å². The topological polar surface area (TPSA) is 95.5 Å². The maximum atomic E-state index is 12.2. The summed E-state index contributed by atoms with van der Waals surface area (Å²) in [4.78, 5) is 35.8. The van der Waals surface area contributed by atoms with Gasteiger partial charge in [0.05, 0.1) is 6.04 Å². The van der Waals surface area contributed by atoms with E-state index in [1.54, 1.807) is 0 Å². The lowest BCUT2D eigenvalue weighted by Crippen LogP contribution is -2.42. The third-order valence-electron chi connectivity index (χ3n) is 4.90. The van der Waals surface area contributed by atoms with Crippen molar-refractivity contribution in [2.75, 3.05) is 0 Å². The number of hydrogen-bond acceptors (Lipinski definition) is 3. The van der Waals surface area contributed by atoms with E-state index in [0.29, 0.717) is 0 Å². The molecule has 6 heteroatoms. The molecule has 0 heterocycles. The van der Waals surface area contributed by atoms with Crippen molar-refractivity contribution < 1.29 is 19.5 Å². The highest BCUT2D eigenvalue weighted by Gasteiger charge is 2.21. The number of carboxylic acids is 1. The number of carbonyl (C=O) groups is 3. The summed E-state index contributed by atoms with van der Waals surface area (Å²) in [6.45, 7) is 5.82. The van der Waals surface area contributed by atoms with E-state index in [1.165, 1.54) is 0 Å². The zero-order valence-corrected chi connectivity index (χ0v) is 17.1. The predicted molar refractivity (Wildman–Crippen MR) is 111 cm³/mol. The Morgan fingerprint density at radius 1 is 0.897 bits per heavy atom. The van der Waals surface area contributed by atoms with Crippen LogP contribution in [0.2, 0.25) is 0 Å². The molecule has 0 saturated heterocycles. The fourth-order valence-electron chi connectivity index (χ4n) is 3.00. The number of aryl methyl sites for hydroxylation is 2. The van der Waals surface area contributed by atoms with Crippen LogP contribution in [-0.2, 0) is 20.8 Å². The molecule has 29 heavy (non-hydrogen) atoms. The molecule has 154 valence electrons. The van der Waals surface area contributed by atoms with Crippen LogP contribution in [0.3, 0.4) is 0 Å². The molecule has 0 spiro atoms. The number of carboxylic acid groups (broad SMARTS) is 1. The number of rotatable bonds is 9. The highest BCUT2D eigenvalue weighted by Crippen LogP contribution is 2.13. The van der Waals surface area contributed by atoms with Crippen molar-refractivity contribution in [1.82, 2.24) is 10.6 Å². The van der Waals surface area contributed by atoms with Crippen LogP contribution in [0.4, 0.5) is 0 Å². The van der Waals surface area contributed by atoms with E-state index in [-0.39, 0.29) is 31.2 Å². The smallest absolute Gasteiger partial charge is 0.326 e. The summed E-state index contributed by atoms with van der Waals surface area (Å²) < 4.78 is 0. The van der Waals surface area contributed by atoms with Crippen LogP contribution in [0.1, 0.15) is 48.1 Å². The van der Waals surface area contributed by atoms with Gasteiger partial charge in [0, 0.05) is 19.3 Å². The van der Waals surface area contributed by atoms with E-state index in [9.17, 15) is 19.5 Å². The summed E-state index contributed by atoms with van der Waals surface area (Å²) in [6, 6.07) is 14.1. The summed E-state index contributed by atoms with van der Waals surface area (Å²) in [6.07, 6.45) is 0.127. The van der Waals surface area contributed by atoms with Crippen molar-refractivity contribution in [3.05, 3.63) is 70.8 Å². The van der Waals surface area contributed by atoms with Gasteiger partial charge in [-0.1, -0.05) is 48.5 Å². The van der Waals surface area contributed by atoms with E-state index in [4.69, 9.17) is 0 Å². The van der Waals surface area contributed by atoms with Gasteiger partial charge in [-0.05, 0) is 43.0 Å². The molecule has 0 aliphatic heterocycles. The average molecular weight is 396 g/mol. The van der Waals surface area contributed by atoms with Crippen LogP contribution >= 0.6 is 0 Å². The fourth-order valence-corrected chi connectivity index (χ4v) is 3.00. The highest BCUT2D eigenvalue weighted by atomic mass is 16.4. The zero-order chi connectivity index (χ0) is 21.4. The Kier molecular flexibility index (Phi) is 7.95. The Morgan fingerprint density at radius 2 is 1.52 bits per heavy atom. The normalized spacial score (nSPS) is 12.7. The van der Waals surface area contributed by atoms with Gasteiger partial charge in [0.15, 0.2) is 0 Å². The van der Waals surface area contributed by atoms with Gasteiger partial charge in [-0.3, -0.25) is 9.59 Å². The van der Waals surface area contributed by atoms with E-state index >= 15 is 0 Å². The number of aliphatic carboxylic acids is 1. The second-order valence-corrected chi connectivity index (χ2v) is 7.28. The van der Waals surface area contributed by atoms with Crippen LogP contribution in [-0.4, -0.2) is 28.9 Å². The number of nitrogens with one attached hydrogen (secondary N) is 2. The van der Waals surface area contributed by atoms with Crippen LogP contribution in [0.15, 0.2) is 48.5 Å². The fraction of sp³-hybridized carbons (Fsp3) is 0.348. The summed E-state index contributed by atoms with van der Waals surface area (Å²) in [5.74, 6) is -1.81. The van der Waals surface area contributed by atoms with Crippen molar-refractivity contribution in [2.24, 2.45) is 0 Å². The molecule has 0 unspecified atom stereocenters. The van der Waals surface area contributed by atoms with Gasteiger partial charge >= 0.3 is 5.97 Å². The van der Waals surface area contributed by atoms with Gasteiger partial charge in [0.1, 0.15) is 6.04 Å². The van der Waals surface area contributed by atoms with Crippen LogP contribution < -0.4 is 10.6 Å². The SMILES string of the molecule is Cc1ccc(C[C@H](NC(=O)CCC(=O)N[C@H](C)c2ccccc2)C(=O)O)cc1C. The Labute approximate surface area is 171 Å². The molecule has 2 atom stereocenters. The standard InChI is InChI=1S/C23H28N2O4/c1-15-9-10-18(13-16(15)2)14-20(23(28)29)25-22(27)12-11-21(26)24-17(3)19-7-5-4-6-8-19/h4-10,13,17,20H,11-12,14H2,1-3H3,(H,24,26)(H,25,27)(H,28,29)/t17-,20+/m1/s1. The summed E-state index contributed by atoms with van der Waals surface area (Å²) in [5.41, 5.74) is 4.02. The first-order chi connectivity index (χ1) is 13.8. The zero-order valence-electron chi connectivity index (χ0n) is 17.1. The quantitative estimate of drug-likeness (QED) is 0.607. The maximum absolute atomic E-state index is 12.2. The second kappa shape index (κ2) is 10.4. The first-order valence-electron chi connectivity index (χ1n) is 9.69. The molecule has 0 bridgehead atoms. The monoisotopic (exact) mass is 396 g/mol. The number of hydrogen-bond donors (Lipinski definition) is 3. The molecular weight excluding hydrogens is 368 g/mol. The molecule has 2 rings (SSSR count). The lowest BCUT2D eigenvalue weighted by molar-refractivity contribution is -0.141. The minimum Gasteiger partial charge on any atom is -0.480 e. The van der Waals surface area contributed by atoms with Crippen molar-refractivity contribution >= 4 is 17.8 Å². The van der Waals surface area contributed by atoms with E-state index in [1.807, 2.05) is 69.3 Å². The summed E-state index contributed by atoms with van der Waals surface area (Å²) in [7, 11) is 0. The Bertz CT molecular complexity index is 864. The van der Waals surface area contributed by atoms with Gasteiger partial charge < -0.3 is 15.7 Å². The van der Waals surface area contributed by atoms with Gasteiger partial charge in [-0.25, -0.2) is 4.79 Å². The summed E-state index contributed by atoms with van der Waals surface area (Å²) in [5, 5.41) is 14.8. The average Bonchev–Trinajstić information content (AvgIpc) is 2.69. The van der Waals surface area contributed by atoms with Gasteiger partial charge in [0.2, 0.25) is 11.8 Å². The van der Waals surface area contributed by atoms with E-state index in [0.717, 1.165) is 22.3 Å². The van der Waals surface area contributed by atoms with Crippen LogP contribution in [0.5, 0.6) is 0 Å². The molecular formula is C23H28N2O4. The lowest BCUT2D eigenvalue weighted by Gasteiger charge is -2.16. The minimum atomic E-state index is -1.10. The molecule has 0 aliphatic rings. The molecule has 0 aliphatic carbocycles. The van der Waals surface area contributed by atoms with Crippen LogP contribution in [0, 0.1) is 13.8 Å². The lowest BCUT2D eigenvalue weighted by atomic mass is 10.0. The first kappa shape index (κ1) is 22.1. The van der Waals surface area contributed by atoms with Gasteiger partial charge in [-0.15, -0.1) is 0 Å². The number of amides is 2. The van der Waals surface area contributed by atoms with E-state index < -0.39 is 17.9 Å². The Morgan fingerprint density at radius 3 is 2.10 bits per heavy atom. The first-order valence-corrected chi connectivity index (χ1v) is 9.69. The molecule has 0 fully saturated rings. The molecule has 2 aromatic rings.